The predicted octanol–water partition coefficient (Wildman–Crippen LogP) is 3.11. The van der Waals surface area contributed by atoms with Crippen LogP contribution in [0.15, 0.2) is 24.3 Å². The zero-order valence-corrected chi connectivity index (χ0v) is 15.8. The number of nitrogens with one attached hydrogen (secondary N) is 2. The number of alkyl carbamates (subject to hydrolysis) is 2. The molecule has 7 heteroatoms. The maximum atomic E-state index is 11.5. The van der Waals surface area contributed by atoms with E-state index in [0.717, 1.165) is 28.2 Å². The van der Waals surface area contributed by atoms with Crippen molar-refractivity contribution in [2.45, 2.75) is 34.0 Å². The van der Waals surface area contributed by atoms with Crippen molar-refractivity contribution >= 4 is 12.2 Å². The first-order valence-electron chi connectivity index (χ1n) is 8.34. The Labute approximate surface area is 153 Å². The van der Waals surface area contributed by atoms with E-state index in [9.17, 15) is 9.59 Å². The highest BCUT2D eigenvalue weighted by atomic mass is 16.6. The lowest BCUT2D eigenvalue weighted by Gasteiger charge is -2.10. The first-order chi connectivity index (χ1) is 12.4. The Bertz CT molecular complexity index is 751. The van der Waals surface area contributed by atoms with Crippen molar-refractivity contribution in [1.29, 1.82) is 0 Å². The lowest BCUT2D eigenvalue weighted by molar-refractivity contribution is 0.134. The molecule has 0 aliphatic rings. The molecule has 2 aromatic rings. The maximum Gasteiger partial charge on any atom is 0.407 e. The van der Waals surface area contributed by atoms with Gasteiger partial charge in [0.15, 0.2) is 0 Å². The zero-order chi connectivity index (χ0) is 19.3. The molecule has 2 amide bonds. The normalized spacial score (nSPS) is 10.3. The van der Waals surface area contributed by atoms with Gasteiger partial charge in [-0.3, -0.25) is 0 Å². The quantitative estimate of drug-likeness (QED) is 0.859. The van der Waals surface area contributed by atoms with Crippen molar-refractivity contribution in [2.75, 3.05) is 14.1 Å². The van der Waals surface area contributed by atoms with Gasteiger partial charge in [-0.25, -0.2) is 9.59 Å². The van der Waals surface area contributed by atoms with Crippen molar-refractivity contribution in [3.8, 4) is 5.69 Å². The fourth-order valence-corrected chi connectivity index (χ4v) is 2.84. The number of aryl methyl sites for hydroxylation is 1. The van der Waals surface area contributed by atoms with E-state index < -0.39 is 12.2 Å². The summed E-state index contributed by atoms with van der Waals surface area (Å²) in [6.45, 7) is 6.14. The Kier molecular flexibility index (Phi) is 6.27. The molecule has 140 valence electrons. The van der Waals surface area contributed by atoms with E-state index in [-0.39, 0.29) is 13.2 Å². The van der Waals surface area contributed by atoms with Gasteiger partial charge in [0.25, 0.3) is 0 Å². The summed E-state index contributed by atoms with van der Waals surface area (Å²) < 4.78 is 12.5. The number of nitrogens with zero attached hydrogens (tertiary/aromatic N) is 1. The summed E-state index contributed by atoms with van der Waals surface area (Å²) in [5.41, 5.74) is 5.70. The van der Waals surface area contributed by atoms with Crippen molar-refractivity contribution in [2.24, 2.45) is 0 Å². The van der Waals surface area contributed by atoms with Gasteiger partial charge in [0.05, 0.1) is 0 Å². The third kappa shape index (κ3) is 4.17. The molecule has 0 bridgehead atoms. The van der Waals surface area contributed by atoms with E-state index in [0.29, 0.717) is 0 Å². The second-order valence-corrected chi connectivity index (χ2v) is 5.95. The van der Waals surface area contributed by atoms with Crippen molar-refractivity contribution in [3.05, 3.63) is 52.3 Å². The average Bonchev–Trinajstić information content (AvgIpc) is 2.88. The molecule has 0 aliphatic heterocycles. The van der Waals surface area contributed by atoms with E-state index in [1.165, 1.54) is 19.7 Å². The third-order valence-electron chi connectivity index (χ3n) is 4.30. The number of rotatable bonds is 5. The second-order valence-electron chi connectivity index (χ2n) is 5.95. The van der Waals surface area contributed by atoms with E-state index in [2.05, 4.69) is 15.2 Å². The highest BCUT2D eigenvalue weighted by Gasteiger charge is 2.21. The molecule has 1 aromatic heterocycles. The first kappa shape index (κ1) is 19.4. The minimum Gasteiger partial charge on any atom is -0.445 e. The predicted molar refractivity (Wildman–Crippen MR) is 98.5 cm³/mol. The van der Waals surface area contributed by atoms with Crippen LogP contribution in [0.5, 0.6) is 0 Å². The fourth-order valence-electron chi connectivity index (χ4n) is 2.84. The lowest BCUT2D eigenvalue weighted by atomic mass is 10.1. The third-order valence-corrected chi connectivity index (χ3v) is 4.30. The van der Waals surface area contributed by atoms with Gasteiger partial charge in [-0.15, -0.1) is 0 Å². The van der Waals surface area contributed by atoms with Crippen LogP contribution in [0.4, 0.5) is 9.59 Å². The molecule has 0 saturated heterocycles. The van der Waals surface area contributed by atoms with Crippen LogP contribution in [0.3, 0.4) is 0 Å². The summed E-state index contributed by atoms with van der Waals surface area (Å²) in [5, 5.41) is 4.86. The molecular weight excluding hydrogens is 334 g/mol. The molecule has 0 aliphatic carbocycles. The number of benzene rings is 1. The molecule has 7 nitrogen and oxygen atoms in total. The molecule has 0 atom stereocenters. The molecule has 0 fully saturated rings. The highest BCUT2D eigenvalue weighted by Crippen LogP contribution is 2.28. The van der Waals surface area contributed by atoms with Crippen LogP contribution in [-0.4, -0.2) is 30.8 Å². The number of amides is 2. The molecule has 1 heterocycles. The molecule has 0 spiro atoms. The molecular formula is C19H25N3O4. The Morgan fingerprint density at radius 3 is 1.65 bits per heavy atom. The van der Waals surface area contributed by atoms with E-state index >= 15 is 0 Å². The van der Waals surface area contributed by atoms with Crippen molar-refractivity contribution in [3.63, 3.8) is 0 Å². The minimum absolute atomic E-state index is 0.0949. The smallest absolute Gasteiger partial charge is 0.407 e. The van der Waals surface area contributed by atoms with E-state index in [4.69, 9.17) is 9.47 Å². The molecule has 0 unspecified atom stereocenters. The van der Waals surface area contributed by atoms with Gasteiger partial charge in [0.1, 0.15) is 13.2 Å². The van der Waals surface area contributed by atoms with Gasteiger partial charge in [-0.1, -0.05) is 17.7 Å². The van der Waals surface area contributed by atoms with Crippen molar-refractivity contribution in [1.82, 2.24) is 15.2 Å². The van der Waals surface area contributed by atoms with Crippen LogP contribution in [0.1, 0.15) is 28.1 Å². The topological polar surface area (TPSA) is 81.6 Å². The van der Waals surface area contributed by atoms with Crippen LogP contribution in [-0.2, 0) is 22.7 Å². The van der Waals surface area contributed by atoms with E-state index in [1.807, 2.05) is 45.0 Å². The van der Waals surface area contributed by atoms with Crippen molar-refractivity contribution < 1.29 is 19.1 Å². The Morgan fingerprint density at radius 1 is 0.846 bits per heavy atom. The first-order valence-corrected chi connectivity index (χ1v) is 8.34. The lowest BCUT2D eigenvalue weighted by Crippen LogP contribution is -2.20. The van der Waals surface area contributed by atoms with Crippen LogP contribution in [0.25, 0.3) is 5.69 Å². The van der Waals surface area contributed by atoms with Crippen LogP contribution in [0, 0.1) is 20.8 Å². The number of ether oxygens (including phenoxy) is 2. The second kappa shape index (κ2) is 8.42. The fraction of sp³-hybridized carbons (Fsp3) is 0.368. The van der Waals surface area contributed by atoms with Crippen LogP contribution >= 0.6 is 0 Å². The largest absolute Gasteiger partial charge is 0.445 e. The van der Waals surface area contributed by atoms with E-state index in [1.54, 1.807) is 0 Å². The summed E-state index contributed by atoms with van der Waals surface area (Å²) in [5.74, 6) is 0. The summed E-state index contributed by atoms with van der Waals surface area (Å²) in [7, 11) is 3.01. The van der Waals surface area contributed by atoms with Gasteiger partial charge in [0.2, 0.25) is 0 Å². The molecule has 1 aromatic carbocycles. The summed E-state index contributed by atoms with van der Waals surface area (Å²) >= 11 is 0. The molecule has 26 heavy (non-hydrogen) atoms. The number of hydrogen-bond donors (Lipinski definition) is 2. The molecule has 0 saturated carbocycles. The number of carbonyl (C=O) groups is 2. The van der Waals surface area contributed by atoms with Crippen LogP contribution in [0.2, 0.25) is 0 Å². The maximum absolute atomic E-state index is 11.5. The van der Waals surface area contributed by atoms with Gasteiger partial charge >= 0.3 is 12.2 Å². The zero-order valence-electron chi connectivity index (χ0n) is 15.8. The number of hydrogen-bond acceptors (Lipinski definition) is 4. The van der Waals surface area contributed by atoms with Gasteiger partial charge in [0, 0.05) is 42.3 Å². The van der Waals surface area contributed by atoms with Crippen LogP contribution < -0.4 is 10.6 Å². The van der Waals surface area contributed by atoms with Gasteiger partial charge in [-0.2, -0.15) is 0 Å². The monoisotopic (exact) mass is 359 g/mol. The highest BCUT2D eigenvalue weighted by molar-refractivity contribution is 5.67. The summed E-state index contributed by atoms with van der Waals surface area (Å²) in [4.78, 5) is 23.0. The number of carbonyl (C=O) groups excluding carboxylic acids is 2. The van der Waals surface area contributed by atoms with Gasteiger partial charge < -0.3 is 24.7 Å². The summed E-state index contributed by atoms with van der Waals surface area (Å²) in [6.07, 6.45) is -1.02. The molecule has 2 N–H and O–H groups in total. The number of aromatic nitrogens is 1. The SMILES string of the molecule is CNC(=O)OCc1c(COC(=O)NC)c(C)n(-c2ccc(C)cc2)c1C. The van der Waals surface area contributed by atoms with Gasteiger partial charge in [-0.05, 0) is 32.9 Å². The average molecular weight is 359 g/mol. The molecule has 2 rings (SSSR count). The Balaban J connectivity index is 2.45. The standard InChI is InChI=1S/C19H25N3O4/c1-12-6-8-15(9-7-12)22-13(2)16(10-25-18(23)20-4)17(14(22)3)11-26-19(24)21-5/h6-9H,10-11H2,1-5H3,(H,20,23)(H,21,24). The Morgan fingerprint density at radius 2 is 1.27 bits per heavy atom. The Hall–Kier alpha value is -2.96. The minimum atomic E-state index is -0.511. The summed E-state index contributed by atoms with van der Waals surface area (Å²) in [6, 6.07) is 8.13. The molecule has 0 radical (unpaired) electrons.